The fraction of sp³-hybridized carbons (Fsp3) is 0.174. The maximum atomic E-state index is 13.2. The van der Waals surface area contributed by atoms with E-state index in [4.69, 9.17) is 0 Å². The van der Waals surface area contributed by atoms with Crippen LogP contribution in [0.1, 0.15) is 22.7 Å². The average molecular weight is 374 g/mol. The quantitative estimate of drug-likeness (QED) is 0.607. The van der Waals surface area contributed by atoms with Crippen LogP contribution in [0.5, 0.6) is 11.5 Å². The molecule has 0 saturated carbocycles. The van der Waals surface area contributed by atoms with E-state index >= 15 is 0 Å². The first-order chi connectivity index (χ1) is 13.6. The number of amides is 1. The molecule has 3 aromatic carbocycles. The molecule has 0 aliphatic carbocycles. The number of benzene rings is 3. The highest BCUT2D eigenvalue weighted by Crippen LogP contribution is 2.33. The maximum Gasteiger partial charge on any atom is 0.246 e. The predicted octanol–water partition coefficient (Wildman–Crippen LogP) is 3.84. The number of nitrogens with one attached hydrogen (secondary N) is 1. The Balaban J connectivity index is 1.64. The van der Waals surface area contributed by atoms with Crippen molar-refractivity contribution in [2.45, 2.75) is 19.0 Å². The zero-order valence-corrected chi connectivity index (χ0v) is 15.4. The van der Waals surface area contributed by atoms with E-state index < -0.39 is 6.04 Å². The van der Waals surface area contributed by atoms with Crippen LogP contribution >= 0.6 is 0 Å². The maximum absolute atomic E-state index is 13.2. The molecule has 1 amide bonds. The minimum atomic E-state index is -0.484. The largest absolute Gasteiger partial charge is 0.508 e. The summed E-state index contributed by atoms with van der Waals surface area (Å²) < 4.78 is 0. The predicted molar refractivity (Wildman–Crippen MR) is 108 cm³/mol. The molecule has 5 nitrogen and oxygen atoms in total. The first-order valence-electron chi connectivity index (χ1n) is 9.30. The molecule has 142 valence electrons. The highest BCUT2D eigenvalue weighted by Gasteiger charge is 2.31. The Morgan fingerprint density at radius 3 is 2.43 bits per heavy atom. The van der Waals surface area contributed by atoms with Gasteiger partial charge in [0.05, 0.1) is 0 Å². The smallest absolute Gasteiger partial charge is 0.246 e. The monoisotopic (exact) mass is 374 g/mol. The summed E-state index contributed by atoms with van der Waals surface area (Å²) in [4.78, 5) is 15.3. The second-order valence-electron chi connectivity index (χ2n) is 6.98. The molecular formula is C23H22N2O3. The third-order valence-electron chi connectivity index (χ3n) is 5.14. The first-order valence-corrected chi connectivity index (χ1v) is 9.30. The van der Waals surface area contributed by atoms with Crippen LogP contribution in [-0.4, -0.2) is 27.6 Å². The number of rotatable bonds is 4. The molecule has 3 aromatic rings. The molecule has 4 rings (SSSR count). The van der Waals surface area contributed by atoms with Crippen LogP contribution in [0.2, 0.25) is 0 Å². The van der Waals surface area contributed by atoms with Gasteiger partial charge in [-0.15, -0.1) is 0 Å². The van der Waals surface area contributed by atoms with Gasteiger partial charge in [0.2, 0.25) is 5.91 Å². The van der Waals surface area contributed by atoms with Crippen molar-refractivity contribution in [3.8, 4) is 11.5 Å². The fourth-order valence-electron chi connectivity index (χ4n) is 3.72. The van der Waals surface area contributed by atoms with E-state index in [0.717, 1.165) is 29.7 Å². The van der Waals surface area contributed by atoms with Gasteiger partial charge in [0.1, 0.15) is 17.5 Å². The molecule has 1 aliphatic heterocycles. The van der Waals surface area contributed by atoms with Gasteiger partial charge in [-0.3, -0.25) is 9.69 Å². The van der Waals surface area contributed by atoms with E-state index in [1.807, 2.05) is 42.5 Å². The molecule has 0 radical (unpaired) electrons. The SMILES string of the molecule is O=C(Nc1ccc(O)cc1)C(c1ccccc1)N1CCc2cccc(O)c2C1. The van der Waals surface area contributed by atoms with Gasteiger partial charge in [-0.1, -0.05) is 42.5 Å². The van der Waals surface area contributed by atoms with Crippen molar-refractivity contribution in [3.63, 3.8) is 0 Å². The van der Waals surface area contributed by atoms with Crippen molar-refractivity contribution < 1.29 is 15.0 Å². The van der Waals surface area contributed by atoms with E-state index in [1.165, 1.54) is 0 Å². The molecule has 1 aliphatic rings. The number of carbonyl (C=O) groups is 1. The summed E-state index contributed by atoms with van der Waals surface area (Å²) in [5, 5.41) is 22.7. The summed E-state index contributed by atoms with van der Waals surface area (Å²) in [6.07, 6.45) is 0.777. The number of aromatic hydroxyl groups is 2. The van der Waals surface area contributed by atoms with Crippen molar-refractivity contribution >= 4 is 11.6 Å². The zero-order valence-electron chi connectivity index (χ0n) is 15.4. The molecule has 0 bridgehead atoms. The third kappa shape index (κ3) is 3.70. The van der Waals surface area contributed by atoms with Gasteiger partial charge in [0.15, 0.2) is 0 Å². The van der Waals surface area contributed by atoms with E-state index in [1.54, 1.807) is 30.3 Å². The van der Waals surface area contributed by atoms with E-state index in [-0.39, 0.29) is 17.4 Å². The van der Waals surface area contributed by atoms with Crippen LogP contribution in [-0.2, 0) is 17.8 Å². The Hall–Kier alpha value is -3.31. The lowest BCUT2D eigenvalue weighted by molar-refractivity contribution is -0.122. The lowest BCUT2D eigenvalue weighted by atomic mass is 9.95. The van der Waals surface area contributed by atoms with Gasteiger partial charge >= 0.3 is 0 Å². The van der Waals surface area contributed by atoms with Crippen LogP contribution in [0.15, 0.2) is 72.8 Å². The molecule has 0 spiro atoms. The Labute approximate surface area is 163 Å². The summed E-state index contributed by atoms with van der Waals surface area (Å²) in [5.74, 6) is 0.282. The molecule has 1 heterocycles. The molecule has 0 fully saturated rings. The number of hydrogen-bond acceptors (Lipinski definition) is 4. The van der Waals surface area contributed by atoms with Gasteiger partial charge in [-0.25, -0.2) is 0 Å². The van der Waals surface area contributed by atoms with Crippen molar-refractivity contribution in [1.29, 1.82) is 0 Å². The Bertz CT molecular complexity index is 971. The highest BCUT2D eigenvalue weighted by molar-refractivity contribution is 5.95. The molecular weight excluding hydrogens is 352 g/mol. The van der Waals surface area contributed by atoms with Crippen LogP contribution in [0.3, 0.4) is 0 Å². The van der Waals surface area contributed by atoms with Gasteiger partial charge in [0.25, 0.3) is 0 Å². The van der Waals surface area contributed by atoms with Crippen LogP contribution in [0.25, 0.3) is 0 Å². The Morgan fingerprint density at radius 1 is 0.929 bits per heavy atom. The number of phenols is 2. The minimum Gasteiger partial charge on any atom is -0.508 e. The molecule has 0 saturated heterocycles. The third-order valence-corrected chi connectivity index (χ3v) is 5.14. The van der Waals surface area contributed by atoms with Gasteiger partial charge < -0.3 is 15.5 Å². The van der Waals surface area contributed by atoms with Gasteiger partial charge in [0, 0.05) is 24.3 Å². The van der Waals surface area contributed by atoms with Gasteiger partial charge in [-0.2, -0.15) is 0 Å². The normalized spacial score (nSPS) is 14.9. The van der Waals surface area contributed by atoms with E-state index in [9.17, 15) is 15.0 Å². The second kappa shape index (κ2) is 7.74. The van der Waals surface area contributed by atoms with E-state index in [2.05, 4.69) is 10.2 Å². The summed E-state index contributed by atoms with van der Waals surface area (Å²) in [6, 6.07) is 21.2. The summed E-state index contributed by atoms with van der Waals surface area (Å²) >= 11 is 0. The number of nitrogens with zero attached hydrogens (tertiary/aromatic N) is 1. The van der Waals surface area contributed by atoms with Crippen molar-refractivity contribution in [1.82, 2.24) is 4.90 Å². The number of anilines is 1. The number of hydrogen-bond donors (Lipinski definition) is 3. The molecule has 1 unspecified atom stereocenters. The Morgan fingerprint density at radius 2 is 1.68 bits per heavy atom. The molecule has 3 N–H and O–H groups in total. The second-order valence-corrected chi connectivity index (χ2v) is 6.98. The van der Waals surface area contributed by atoms with E-state index in [0.29, 0.717) is 12.2 Å². The Kier molecular flexibility index (Phi) is 5.00. The highest BCUT2D eigenvalue weighted by atomic mass is 16.3. The lowest BCUT2D eigenvalue weighted by Gasteiger charge is -2.35. The zero-order chi connectivity index (χ0) is 19.5. The van der Waals surface area contributed by atoms with Crippen molar-refractivity contribution in [2.75, 3.05) is 11.9 Å². The van der Waals surface area contributed by atoms with Crippen molar-refractivity contribution in [2.24, 2.45) is 0 Å². The van der Waals surface area contributed by atoms with Gasteiger partial charge in [-0.05, 0) is 47.9 Å². The molecule has 1 atom stereocenters. The average Bonchev–Trinajstić information content (AvgIpc) is 2.71. The summed E-state index contributed by atoms with van der Waals surface area (Å²) in [5.41, 5.74) is 3.54. The lowest BCUT2D eigenvalue weighted by Crippen LogP contribution is -2.40. The fourth-order valence-corrected chi connectivity index (χ4v) is 3.72. The molecule has 0 aromatic heterocycles. The summed E-state index contributed by atoms with van der Waals surface area (Å²) in [7, 11) is 0. The number of fused-ring (bicyclic) bond motifs is 1. The van der Waals surface area contributed by atoms with Crippen LogP contribution in [0.4, 0.5) is 5.69 Å². The summed E-state index contributed by atoms with van der Waals surface area (Å²) in [6.45, 7) is 1.23. The topological polar surface area (TPSA) is 72.8 Å². The van der Waals surface area contributed by atoms with Crippen molar-refractivity contribution in [3.05, 3.63) is 89.5 Å². The van der Waals surface area contributed by atoms with Crippen LogP contribution < -0.4 is 5.32 Å². The molecule has 5 heteroatoms. The van der Waals surface area contributed by atoms with Crippen LogP contribution in [0, 0.1) is 0 Å². The number of phenolic OH excluding ortho intramolecular Hbond substituents is 2. The first kappa shape index (κ1) is 18.1. The number of carbonyl (C=O) groups excluding carboxylic acids is 1. The molecule has 28 heavy (non-hydrogen) atoms. The standard InChI is InChI=1S/C23H22N2O3/c26-19-11-9-18(10-12-19)24-23(28)22(17-5-2-1-3-6-17)25-14-13-16-7-4-8-21(27)20(16)15-25/h1-12,22,26-27H,13-15H2,(H,24,28). The minimum absolute atomic E-state index is 0.143.